The number of rotatable bonds is 10. The van der Waals surface area contributed by atoms with Crippen LogP contribution in [0.1, 0.15) is 18.9 Å². The molecular formula is C16H27FN2OS. The third-order valence-electron chi connectivity index (χ3n) is 3.58. The van der Waals surface area contributed by atoms with Gasteiger partial charge in [-0.25, -0.2) is 4.39 Å². The van der Waals surface area contributed by atoms with Crippen LogP contribution in [0.2, 0.25) is 0 Å². The van der Waals surface area contributed by atoms with Gasteiger partial charge < -0.3 is 15.0 Å². The molecule has 0 aliphatic heterocycles. The minimum absolute atomic E-state index is 0.150. The van der Waals surface area contributed by atoms with E-state index in [1.807, 2.05) is 24.1 Å². The van der Waals surface area contributed by atoms with Crippen molar-refractivity contribution in [1.29, 1.82) is 0 Å². The SMILES string of the molecule is CCC(CSC)N(C)c1ccc(CNCCOC)cc1F. The molecule has 1 aromatic carbocycles. The van der Waals surface area contributed by atoms with E-state index in [-0.39, 0.29) is 5.82 Å². The number of ether oxygens (including phenoxy) is 1. The van der Waals surface area contributed by atoms with Gasteiger partial charge in [-0.05, 0) is 30.4 Å². The first-order valence-electron chi connectivity index (χ1n) is 7.33. The van der Waals surface area contributed by atoms with Crippen molar-refractivity contribution in [1.82, 2.24) is 5.32 Å². The lowest BCUT2D eigenvalue weighted by Crippen LogP contribution is -2.33. The fraction of sp³-hybridized carbons (Fsp3) is 0.625. The van der Waals surface area contributed by atoms with Crippen LogP contribution in [0.5, 0.6) is 0 Å². The van der Waals surface area contributed by atoms with Crippen LogP contribution in [-0.4, -0.2) is 45.4 Å². The third kappa shape index (κ3) is 5.85. The highest BCUT2D eigenvalue weighted by molar-refractivity contribution is 7.98. The van der Waals surface area contributed by atoms with Gasteiger partial charge in [0.2, 0.25) is 0 Å². The van der Waals surface area contributed by atoms with E-state index < -0.39 is 0 Å². The van der Waals surface area contributed by atoms with E-state index in [4.69, 9.17) is 4.74 Å². The molecule has 1 aromatic rings. The first kappa shape index (κ1) is 18.3. The van der Waals surface area contributed by atoms with E-state index in [9.17, 15) is 4.39 Å². The van der Waals surface area contributed by atoms with Crippen molar-refractivity contribution in [2.24, 2.45) is 0 Å². The van der Waals surface area contributed by atoms with Gasteiger partial charge in [0.05, 0.1) is 12.3 Å². The van der Waals surface area contributed by atoms with Crippen LogP contribution in [0.3, 0.4) is 0 Å². The van der Waals surface area contributed by atoms with Gasteiger partial charge >= 0.3 is 0 Å². The van der Waals surface area contributed by atoms with Gasteiger partial charge in [-0.2, -0.15) is 11.8 Å². The Bertz CT molecular complexity index is 417. The Morgan fingerprint density at radius 2 is 2.19 bits per heavy atom. The largest absolute Gasteiger partial charge is 0.383 e. The number of benzene rings is 1. The summed E-state index contributed by atoms with van der Waals surface area (Å²) in [6.07, 6.45) is 3.10. The Labute approximate surface area is 132 Å². The van der Waals surface area contributed by atoms with Crippen molar-refractivity contribution < 1.29 is 9.13 Å². The van der Waals surface area contributed by atoms with E-state index in [0.717, 1.165) is 24.3 Å². The summed E-state index contributed by atoms with van der Waals surface area (Å²) in [7, 11) is 3.64. The molecule has 0 spiro atoms. The smallest absolute Gasteiger partial charge is 0.146 e. The molecule has 120 valence electrons. The molecule has 5 heteroatoms. The molecule has 0 bridgehead atoms. The molecule has 0 aliphatic rings. The molecule has 1 rings (SSSR count). The number of methoxy groups -OCH3 is 1. The Hall–Kier alpha value is -0.780. The van der Waals surface area contributed by atoms with Gasteiger partial charge in [0.15, 0.2) is 0 Å². The van der Waals surface area contributed by atoms with Gasteiger partial charge in [-0.3, -0.25) is 0 Å². The molecule has 1 unspecified atom stereocenters. The minimum Gasteiger partial charge on any atom is -0.383 e. The Kier molecular flexibility index (Phi) is 8.73. The van der Waals surface area contributed by atoms with E-state index in [1.165, 1.54) is 0 Å². The van der Waals surface area contributed by atoms with Crippen LogP contribution in [-0.2, 0) is 11.3 Å². The maximum absolute atomic E-state index is 14.3. The van der Waals surface area contributed by atoms with Gasteiger partial charge in [0, 0.05) is 39.0 Å². The van der Waals surface area contributed by atoms with E-state index in [0.29, 0.717) is 24.9 Å². The monoisotopic (exact) mass is 314 g/mol. The van der Waals surface area contributed by atoms with Crippen LogP contribution in [0.4, 0.5) is 10.1 Å². The predicted octanol–water partition coefficient (Wildman–Crippen LogP) is 3.14. The maximum atomic E-state index is 14.3. The lowest BCUT2D eigenvalue weighted by atomic mass is 10.1. The molecule has 0 fully saturated rings. The summed E-state index contributed by atoms with van der Waals surface area (Å²) in [6.45, 7) is 4.23. The molecule has 0 saturated heterocycles. The highest BCUT2D eigenvalue weighted by Crippen LogP contribution is 2.23. The summed E-state index contributed by atoms with van der Waals surface area (Å²) in [5, 5.41) is 3.22. The van der Waals surface area contributed by atoms with Gasteiger partial charge in [0.25, 0.3) is 0 Å². The first-order valence-corrected chi connectivity index (χ1v) is 8.73. The topological polar surface area (TPSA) is 24.5 Å². The molecular weight excluding hydrogens is 287 g/mol. The fourth-order valence-corrected chi connectivity index (χ4v) is 3.09. The van der Waals surface area contributed by atoms with Crippen molar-refractivity contribution in [3.05, 3.63) is 29.6 Å². The fourth-order valence-electron chi connectivity index (χ4n) is 2.25. The molecule has 0 aliphatic carbocycles. The average molecular weight is 314 g/mol. The van der Waals surface area contributed by atoms with Crippen LogP contribution in [0, 0.1) is 5.82 Å². The number of halogens is 1. The first-order chi connectivity index (χ1) is 10.1. The van der Waals surface area contributed by atoms with Crippen molar-refractivity contribution in [3.63, 3.8) is 0 Å². The zero-order valence-corrected chi connectivity index (χ0v) is 14.3. The molecule has 0 radical (unpaired) electrons. The number of nitrogens with zero attached hydrogens (tertiary/aromatic N) is 1. The number of thioether (sulfide) groups is 1. The van der Waals surface area contributed by atoms with Crippen LogP contribution >= 0.6 is 11.8 Å². The quantitative estimate of drug-likeness (QED) is 0.671. The van der Waals surface area contributed by atoms with Crippen molar-refractivity contribution in [3.8, 4) is 0 Å². The second-order valence-electron chi connectivity index (χ2n) is 5.08. The van der Waals surface area contributed by atoms with Crippen molar-refractivity contribution in [2.75, 3.05) is 44.2 Å². The Balaban J connectivity index is 2.68. The Morgan fingerprint density at radius 1 is 1.43 bits per heavy atom. The maximum Gasteiger partial charge on any atom is 0.146 e. The molecule has 1 atom stereocenters. The van der Waals surface area contributed by atoms with E-state index >= 15 is 0 Å². The number of hydrogen-bond donors (Lipinski definition) is 1. The summed E-state index contributed by atoms with van der Waals surface area (Å²) < 4.78 is 19.3. The minimum atomic E-state index is -0.150. The zero-order chi connectivity index (χ0) is 15.7. The second-order valence-corrected chi connectivity index (χ2v) is 5.99. The summed E-state index contributed by atoms with van der Waals surface area (Å²) >= 11 is 1.80. The molecule has 1 N–H and O–H groups in total. The molecule has 0 saturated carbocycles. The summed E-state index contributed by atoms with van der Waals surface area (Å²) in [4.78, 5) is 2.05. The van der Waals surface area contributed by atoms with Crippen LogP contribution in [0.25, 0.3) is 0 Å². The van der Waals surface area contributed by atoms with E-state index in [1.54, 1.807) is 24.9 Å². The molecule has 3 nitrogen and oxygen atoms in total. The lowest BCUT2D eigenvalue weighted by molar-refractivity contribution is 0.199. The van der Waals surface area contributed by atoms with Crippen molar-refractivity contribution in [2.45, 2.75) is 25.9 Å². The van der Waals surface area contributed by atoms with Crippen LogP contribution < -0.4 is 10.2 Å². The van der Waals surface area contributed by atoms with Gasteiger partial charge in [-0.1, -0.05) is 13.0 Å². The van der Waals surface area contributed by atoms with Gasteiger partial charge in [-0.15, -0.1) is 0 Å². The normalized spacial score (nSPS) is 12.4. The van der Waals surface area contributed by atoms with E-state index in [2.05, 4.69) is 18.5 Å². The number of anilines is 1. The highest BCUT2D eigenvalue weighted by Gasteiger charge is 2.16. The lowest BCUT2D eigenvalue weighted by Gasteiger charge is -2.29. The number of nitrogens with one attached hydrogen (secondary N) is 1. The summed E-state index contributed by atoms with van der Waals surface area (Å²) in [5.41, 5.74) is 1.63. The third-order valence-corrected chi connectivity index (χ3v) is 4.30. The van der Waals surface area contributed by atoms with Crippen LogP contribution in [0.15, 0.2) is 18.2 Å². The molecule has 21 heavy (non-hydrogen) atoms. The Morgan fingerprint density at radius 3 is 2.76 bits per heavy atom. The molecule has 0 amide bonds. The standard InChI is InChI=1S/C16H27FN2OS/c1-5-14(12-21-4)19(2)16-7-6-13(10-15(16)17)11-18-8-9-20-3/h6-7,10,14,18H,5,8-9,11-12H2,1-4H3. The average Bonchev–Trinajstić information content (AvgIpc) is 2.48. The van der Waals surface area contributed by atoms with Gasteiger partial charge in [0.1, 0.15) is 5.82 Å². The summed E-state index contributed by atoms with van der Waals surface area (Å²) in [6, 6.07) is 5.85. The molecule has 0 heterocycles. The predicted molar refractivity (Wildman–Crippen MR) is 90.8 cm³/mol. The summed E-state index contributed by atoms with van der Waals surface area (Å²) in [5.74, 6) is 0.857. The van der Waals surface area contributed by atoms with Crippen molar-refractivity contribution >= 4 is 17.4 Å². The number of hydrogen-bond acceptors (Lipinski definition) is 4. The molecule has 0 aromatic heterocycles. The zero-order valence-electron chi connectivity index (χ0n) is 13.5. The second kappa shape index (κ2) is 10.0. The highest BCUT2D eigenvalue weighted by atomic mass is 32.2.